The summed E-state index contributed by atoms with van der Waals surface area (Å²) >= 11 is 0. The van der Waals surface area contributed by atoms with Crippen LogP contribution in [-0.2, 0) is 6.54 Å². The highest BCUT2D eigenvalue weighted by molar-refractivity contribution is 5.92. The van der Waals surface area contributed by atoms with Crippen LogP contribution in [0, 0.1) is 18.6 Å². The molecule has 0 atom stereocenters. The van der Waals surface area contributed by atoms with Crippen molar-refractivity contribution in [1.82, 2.24) is 20.2 Å². The molecule has 1 fully saturated rings. The number of nitrogens with one attached hydrogen (secondary N) is 3. The molecule has 0 unspecified atom stereocenters. The first-order chi connectivity index (χ1) is 14.5. The predicted molar refractivity (Wildman–Crippen MR) is 112 cm³/mol. The van der Waals surface area contributed by atoms with Crippen LogP contribution in [0.15, 0.2) is 42.5 Å². The third-order valence-corrected chi connectivity index (χ3v) is 5.16. The Morgan fingerprint density at radius 3 is 2.73 bits per heavy atom. The van der Waals surface area contributed by atoms with Crippen molar-refractivity contribution in [2.45, 2.75) is 32.2 Å². The number of aryl methyl sites for hydroxylation is 1. The second kappa shape index (κ2) is 7.37. The maximum atomic E-state index is 13.9. The van der Waals surface area contributed by atoms with Crippen LogP contribution in [0.25, 0.3) is 10.9 Å². The van der Waals surface area contributed by atoms with Gasteiger partial charge in [-0.3, -0.25) is 5.10 Å². The fourth-order valence-electron chi connectivity index (χ4n) is 3.38. The number of fused-ring (bicyclic) bond motifs is 1. The molecule has 0 aliphatic heterocycles. The lowest BCUT2D eigenvalue weighted by Crippen LogP contribution is -2.07. The SMILES string of the molecule is Cc1ccc2nc(NCc3ccc(F)cc3F)nc(Nc3cc(C4CC4)[nH]n3)c2c1. The van der Waals surface area contributed by atoms with Crippen molar-refractivity contribution in [2.24, 2.45) is 0 Å². The summed E-state index contributed by atoms with van der Waals surface area (Å²) in [6.45, 7) is 2.14. The van der Waals surface area contributed by atoms with Crippen LogP contribution in [0.1, 0.15) is 35.6 Å². The van der Waals surface area contributed by atoms with E-state index in [1.165, 1.54) is 25.0 Å². The Kier molecular flexibility index (Phi) is 4.54. The largest absolute Gasteiger partial charge is 0.350 e. The Hall–Kier alpha value is -3.55. The number of hydrogen-bond acceptors (Lipinski definition) is 5. The number of hydrogen-bond donors (Lipinski definition) is 3. The van der Waals surface area contributed by atoms with Crippen LogP contribution >= 0.6 is 0 Å². The van der Waals surface area contributed by atoms with E-state index in [0.29, 0.717) is 29.1 Å². The van der Waals surface area contributed by atoms with Crippen LogP contribution in [0.3, 0.4) is 0 Å². The third kappa shape index (κ3) is 3.80. The summed E-state index contributed by atoms with van der Waals surface area (Å²) in [6.07, 6.45) is 2.37. The zero-order chi connectivity index (χ0) is 20.7. The Bertz CT molecular complexity index is 1230. The fraction of sp³-hybridized carbons (Fsp3) is 0.227. The molecule has 2 heterocycles. The van der Waals surface area contributed by atoms with Crippen LogP contribution < -0.4 is 10.6 Å². The molecule has 5 rings (SSSR count). The van der Waals surface area contributed by atoms with Gasteiger partial charge in [-0.25, -0.2) is 13.8 Å². The van der Waals surface area contributed by atoms with Gasteiger partial charge in [-0.2, -0.15) is 10.1 Å². The molecule has 1 aliphatic carbocycles. The lowest BCUT2D eigenvalue weighted by atomic mass is 10.1. The van der Waals surface area contributed by atoms with Gasteiger partial charge in [0.15, 0.2) is 5.82 Å². The molecule has 3 N–H and O–H groups in total. The van der Waals surface area contributed by atoms with Crippen molar-refractivity contribution >= 4 is 28.5 Å². The molecule has 0 radical (unpaired) electrons. The first kappa shape index (κ1) is 18.5. The zero-order valence-corrected chi connectivity index (χ0v) is 16.3. The van der Waals surface area contributed by atoms with Crippen LogP contribution in [0.5, 0.6) is 0 Å². The molecule has 2 aromatic heterocycles. The number of aromatic nitrogens is 4. The van der Waals surface area contributed by atoms with Gasteiger partial charge in [0.25, 0.3) is 0 Å². The minimum absolute atomic E-state index is 0.136. The summed E-state index contributed by atoms with van der Waals surface area (Å²) in [4.78, 5) is 9.12. The molecule has 0 amide bonds. The monoisotopic (exact) mass is 406 g/mol. The van der Waals surface area contributed by atoms with Crippen LogP contribution in [0.2, 0.25) is 0 Å². The molecule has 0 bridgehead atoms. The van der Waals surface area contributed by atoms with Gasteiger partial charge in [0.05, 0.1) is 5.52 Å². The number of benzene rings is 2. The maximum absolute atomic E-state index is 13.9. The van der Waals surface area contributed by atoms with E-state index in [4.69, 9.17) is 0 Å². The molecular weight excluding hydrogens is 386 g/mol. The van der Waals surface area contributed by atoms with Crippen molar-refractivity contribution in [2.75, 3.05) is 10.6 Å². The number of aromatic amines is 1. The predicted octanol–water partition coefficient (Wildman–Crippen LogP) is 5.17. The van der Waals surface area contributed by atoms with Crippen LogP contribution in [-0.4, -0.2) is 20.2 Å². The van der Waals surface area contributed by atoms with E-state index in [1.54, 1.807) is 0 Å². The second-order valence-corrected chi connectivity index (χ2v) is 7.61. The highest BCUT2D eigenvalue weighted by atomic mass is 19.1. The number of rotatable bonds is 6. The van der Waals surface area contributed by atoms with E-state index >= 15 is 0 Å². The molecule has 1 saturated carbocycles. The van der Waals surface area contributed by atoms with Gasteiger partial charge in [-0.1, -0.05) is 17.7 Å². The minimum atomic E-state index is -0.610. The van der Waals surface area contributed by atoms with Gasteiger partial charge in [0.1, 0.15) is 17.5 Å². The maximum Gasteiger partial charge on any atom is 0.225 e. The van der Waals surface area contributed by atoms with Gasteiger partial charge < -0.3 is 10.6 Å². The summed E-state index contributed by atoms with van der Waals surface area (Å²) in [5.41, 5.74) is 3.29. The molecule has 152 valence electrons. The smallest absolute Gasteiger partial charge is 0.225 e. The van der Waals surface area contributed by atoms with E-state index in [2.05, 4.69) is 30.8 Å². The summed E-state index contributed by atoms with van der Waals surface area (Å²) in [5.74, 6) is 0.996. The fourth-order valence-corrected chi connectivity index (χ4v) is 3.38. The average molecular weight is 406 g/mol. The van der Waals surface area contributed by atoms with E-state index in [-0.39, 0.29) is 6.54 Å². The number of H-pyrrole nitrogens is 1. The average Bonchev–Trinajstić information content (AvgIpc) is 3.47. The lowest BCUT2D eigenvalue weighted by molar-refractivity contribution is 0.574. The van der Waals surface area contributed by atoms with Gasteiger partial charge in [-0.05, 0) is 38.0 Å². The number of halogens is 2. The minimum Gasteiger partial charge on any atom is -0.350 e. The van der Waals surface area contributed by atoms with Gasteiger partial charge in [-0.15, -0.1) is 0 Å². The van der Waals surface area contributed by atoms with Crippen molar-refractivity contribution in [1.29, 1.82) is 0 Å². The third-order valence-electron chi connectivity index (χ3n) is 5.16. The number of nitrogens with zero attached hydrogens (tertiary/aromatic N) is 3. The molecule has 1 aliphatic rings. The highest BCUT2D eigenvalue weighted by Crippen LogP contribution is 2.39. The standard InChI is InChI=1S/C22H20F2N6/c1-12-2-7-18-16(8-12)21(27-20-10-19(29-30-20)13-3-4-13)28-22(26-18)25-11-14-5-6-15(23)9-17(14)24/h2,5-10,13H,3-4,11H2,1H3,(H3,25,26,27,28,29,30). The summed E-state index contributed by atoms with van der Waals surface area (Å²) in [5, 5.41) is 14.6. The van der Waals surface area contributed by atoms with E-state index in [0.717, 1.165) is 28.2 Å². The number of anilines is 3. The van der Waals surface area contributed by atoms with E-state index in [1.807, 2.05) is 31.2 Å². The Morgan fingerprint density at radius 2 is 1.93 bits per heavy atom. The first-order valence-electron chi connectivity index (χ1n) is 9.84. The lowest BCUT2D eigenvalue weighted by Gasteiger charge is -2.11. The topological polar surface area (TPSA) is 78.5 Å². The molecule has 2 aromatic carbocycles. The summed E-state index contributed by atoms with van der Waals surface area (Å²) in [7, 11) is 0. The zero-order valence-electron chi connectivity index (χ0n) is 16.3. The molecular formula is C22H20F2N6. The second-order valence-electron chi connectivity index (χ2n) is 7.61. The Balaban J connectivity index is 1.45. The van der Waals surface area contributed by atoms with E-state index < -0.39 is 11.6 Å². The highest BCUT2D eigenvalue weighted by Gasteiger charge is 2.25. The normalized spacial score (nSPS) is 13.6. The van der Waals surface area contributed by atoms with Crippen LogP contribution in [0.4, 0.5) is 26.4 Å². The van der Waals surface area contributed by atoms with Crippen molar-refractivity contribution < 1.29 is 8.78 Å². The first-order valence-corrected chi connectivity index (χ1v) is 9.84. The summed E-state index contributed by atoms with van der Waals surface area (Å²) in [6, 6.07) is 11.4. The molecule has 0 spiro atoms. The molecule has 6 nitrogen and oxygen atoms in total. The summed E-state index contributed by atoms with van der Waals surface area (Å²) < 4.78 is 27.1. The van der Waals surface area contributed by atoms with Crippen molar-refractivity contribution in [3.8, 4) is 0 Å². The van der Waals surface area contributed by atoms with Crippen molar-refractivity contribution in [3.05, 3.63) is 70.9 Å². The molecule has 8 heteroatoms. The van der Waals surface area contributed by atoms with Gasteiger partial charge >= 0.3 is 0 Å². The van der Waals surface area contributed by atoms with Gasteiger partial charge in [0, 0.05) is 41.2 Å². The Morgan fingerprint density at radius 1 is 1.07 bits per heavy atom. The Labute approximate surface area is 171 Å². The van der Waals surface area contributed by atoms with Crippen molar-refractivity contribution in [3.63, 3.8) is 0 Å². The van der Waals surface area contributed by atoms with E-state index in [9.17, 15) is 8.78 Å². The van der Waals surface area contributed by atoms with Gasteiger partial charge in [0.2, 0.25) is 5.95 Å². The molecule has 4 aromatic rings. The quantitative estimate of drug-likeness (QED) is 0.412. The molecule has 30 heavy (non-hydrogen) atoms. The molecule has 0 saturated heterocycles.